The molecule has 0 aliphatic heterocycles. The summed E-state index contributed by atoms with van der Waals surface area (Å²) in [6, 6.07) is 0. The third kappa shape index (κ3) is 5.02. The lowest BCUT2D eigenvalue weighted by atomic mass is 9.63. The van der Waals surface area contributed by atoms with Gasteiger partial charge in [-0.1, -0.05) is 48.1 Å². The summed E-state index contributed by atoms with van der Waals surface area (Å²) in [5, 5.41) is 3.20. The van der Waals surface area contributed by atoms with Crippen LogP contribution in [0.1, 0.15) is 48.0 Å². The van der Waals surface area contributed by atoms with E-state index in [0.717, 1.165) is 18.5 Å². The molecule has 0 aromatic carbocycles. The Morgan fingerprint density at radius 2 is 1.65 bits per heavy atom. The minimum atomic E-state index is -0.360. The topological polar surface area (TPSA) is 38.0 Å². The highest BCUT2D eigenvalue weighted by atomic mass is 32.1. The second-order valence-electron chi connectivity index (χ2n) is 7.15. The van der Waals surface area contributed by atoms with Gasteiger partial charge in [-0.3, -0.25) is 0 Å². The first-order valence-corrected chi connectivity index (χ1v) is 6.86. The Bertz CT molecular complexity index is 260. The number of nitrogens with one attached hydrogen (secondary N) is 1. The van der Waals surface area contributed by atoms with Crippen molar-refractivity contribution in [2.24, 2.45) is 16.6 Å². The van der Waals surface area contributed by atoms with E-state index in [2.05, 4.69) is 66.1 Å². The van der Waals surface area contributed by atoms with E-state index in [1.54, 1.807) is 0 Å². The van der Waals surface area contributed by atoms with E-state index in [0.29, 0.717) is 5.88 Å². The highest BCUT2D eigenvalue weighted by molar-refractivity contribution is 7.80. The molecule has 1 atom stereocenters. The quantitative estimate of drug-likeness (QED) is 0.402. The van der Waals surface area contributed by atoms with Crippen molar-refractivity contribution in [3.05, 3.63) is 12.2 Å². The first-order chi connectivity index (χ1) is 7.44. The normalized spacial score (nSPS) is 16.7. The van der Waals surface area contributed by atoms with Crippen LogP contribution in [0.25, 0.3) is 0 Å². The molecule has 0 rings (SSSR count). The van der Waals surface area contributed by atoms with Gasteiger partial charge in [0.05, 0.1) is 0 Å². The minimum absolute atomic E-state index is 0.00432. The molecule has 1 unspecified atom stereocenters. The monoisotopic (exact) mass is 258 g/mol. The Morgan fingerprint density at radius 3 is 1.94 bits per heavy atom. The molecule has 0 bridgehead atoms. The molecule has 0 aliphatic carbocycles. The van der Waals surface area contributed by atoms with Gasteiger partial charge in [0.2, 0.25) is 0 Å². The fraction of sp³-hybridized carbons (Fsp3) is 0.857. The number of hydrogen-bond acceptors (Lipinski definition) is 3. The average molecular weight is 258 g/mol. The van der Waals surface area contributed by atoms with Crippen molar-refractivity contribution < 1.29 is 0 Å². The van der Waals surface area contributed by atoms with Crippen LogP contribution in [0.5, 0.6) is 0 Å². The standard InChI is InChI=1S/C14H30N2S/c1-11(8-16-10-17)14(15,13(5,6)7)9-12(2,3)4/h16-17H,1,8-10,15H2,2-7H3. The smallest absolute Gasteiger partial charge is 0.0432 e. The highest BCUT2D eigenvalue weighted by Crippen LogP contribution is 2.41. The first-order valence-electron chi connectivity index (χ1n) is 6.23. The average Bonchev–Trinajstić information content (AvgIpc) is 2.09. The lowest BCUT2D eigenvalue weighted by Gasteiger charge is -2.47. The third-order valence-electron chi connectivity index (χ3n) is 3.23. The maximum Gasteiger partial charge on any atom is 0.0432 e. The molecular formula is C14H30N2S. The zero-order valence-corrected chi connectivity index (χ0v) is 13.2. The summed E-state index contributed by atoms with van der Waals surface area (Å²) < 4.78 is 0. The largest absolute Gasteiger partial charge is 0.321 e. The van der Waals surface area contributed by atoms with Gasteiger partial charge in [-0.15, -0.1) is 0 Å². The molecule has 3 N–H and O–H groups in total. The van der Waals surface area contributed by atoms with Gasteiger partial charge >= 0.3 is 0 Å². The van der Waals surface area contributed by atoms with Gasteiger partial charge in [0.1, 0.15) is 0 Å². The maximum atomic E-state index is 6.68. The number of thiol groups is 1. The van der Waals surface area contributed by atoms with Gasteiger partial charge in [0.25, 0.3) is 0 Å². The molecule has 102 valence electrons. The fourth-order valence-corrected chi connectivity index (χ4v) is 2.23. The highest BCUT2D eigenvalue weighted by Gasteiger charge is 2.42. The Balaban J connectivity index is 5.05. The molecule has 0 fully saturated rings. The number of rotatable bonds is 5. The van der Waals surface area contributed by atoms with Crippen LogP contribution in [0.15, 0.2) is 12.2 Å². The van der Waals surface area contributed by atoms with E-state index in [9.17, 15) is 0 Å². The first kappa shape index (κ1) is 17.0. The van der Waals surface area contributed by atoms with Crippen molar-refractivity contribution in [1.29, 1.82) is 0 Å². The van der Waals surface area contributed by atoms with Gasteiger partial charge in [-0.2, -0.15) is 12.6 Å². The Labute approximate surface area is 113 Å². The van der Waals surface area contributed by atoms with Crippen LogP contribution >= 0.6 is 12.6 Å². The zero-order chi connectivity index (χ0) is 13.9. The van der Waals surface area contributed by atoms with E-state index < -0.39 is 0 Å². The van der Waals surface area contributed by atoms with Crippen molar-refractivity contribution in [2.45, 2.75) is 53.5 Å². The lowest BCUT2D eigenvalue weighted by Crippen LogP contribution is -2.56. The molecule has 0 aromatic heterocycles. The summed E-state index contributed by atoms with van der Waals surface area (Å²) in [7, 11) is 0. The molecule has 17 heavy (non-hydrogen) atoms. The van der Waals surface area contributed by atoms with Crippen molar-refractivity contribution in [2.75, 3.05) is 12.4 Å². The van der Waals surface area contributed by atoms with Gasteiger partial charge in [0.15, 0.2) is 0 Å². The van der Waals surface area contributed by atoms with Crippen molar-refractivity contribution in [1.82, 2.24) is 5.32 Å². The summed E-state index contributed by atoms with van der Waals surface area (Å²) in [6.45, 7) is 18.1. The zero-order valence-electron chi connectivity index (χ0n) is 12.4. The summed E-state index contributed by atoms with van der Waals surface area (Å²) in [4.78, 5) is 0. The molecule has 0 aliphatic rings. The molecule has 0 amide bonds. The van der Waals surface area contributed by atoms with E-state index in [-0.39, 0.29) is 16.4 Å². The molecule has 2 nitrogen and oxygen atoms in total. The molecule has 3 heteroatoms. The predicted octanol–water partition coefficient (Wildman–Crippen LogP) is 3.20. The lowest BCUT2D eigenvalue weighted by molar-refractivity contribution is 0.154. The van der Waals surface area contributed by atoms with Gasteiger partial charge in [0, 0.05) is 18.0 Å². The van der Waals surface area contributed by atoms with Gasteiger partial charge in [-0.25, -0.2) is 0 Å². The molecule has 0 spiro atoms. The molecular weight excluding hydrogens is 228 g/mol. The third-order valence-corrected chi connectivity index (χ3v) is 3.45. The van der Waals surface area contributed by atoms with Crippen molar-refractivity contribution >= 4 is 12.6 Å². The van der Waals surface area contributed by atoms with Crippen molar-refractivity contribution in [3.8, 4) is 0 Å². The Hall–Kier alpha value is 0.01000. The SMILES string of the molecule is C=C(CNCS)C(N)(CC(C)(C)C)C(C)(C)C. The maximum absolute atomic E-state index is 6.68. The van der Waals surface area contributed by atoms with Gasteiger partial charge in [-0.05, 0) is 22.8 Å². The Morgan fingerprint density at radius 1 is 1.18 bits per heavy atom. The van der Waals surface area contributed by atoms with Crippen LogP contribution in [-0.4, -0.2) is 18.0 Å². The minimum Gasteiger partial charge on any atom is -0.321 e. The van der Waals surface area contributed by atoms with Crippen LogP contribution in [0.4, 0.5) is 0 Å². The molecule has 0 saturated heterocycles. The summed E-state index contributed by atoms with van der Waals surface area (Å²) in [5.74, 6) is 0.648. The summed E-state index contributed by atoms with van der Waals surface area (Å²) in [6.07, 6.45) is 0.927. The molecule has 0 radical (unpaired) electrons. The summed E-state index contributed by atoms with van der Waals surface area (Å²) >= 11 is 4.16. The summed E-state index contributed by atoms with van der Waals surface area (Å²) in [5.41, 5.74) is 7.57. The molecule has 0 aromatic rings. The Kier molecular flexibility index (Phi) is 5.77. The van der Waals surface area contributed by atoms with E-state index in [4.69, 9.17) is 5.73 Å². The van der Waals surface area contributed by atoms with E-state index in [1.165, 1.54) is 0 Å². The predicted molar refractivity (Wildman–Crippen MR) is 81.4 cm³/mol. The second-order valence-corrected chi connectivity index (χ2v) is 7.46. The van der Waals surface area contributed by atoms with Crippen LogP contribution in [-0.2, 0) is 0 Å². The molecule has 0 saturated carbocycles. The van der Waals surface area contributed by atoms with Crippen LogP contribution in [0, 0.1) is 10.8 Å². The second kappa shape index (κ2) is 5.77. The number of hydrogen-bond donors (Lipinski definition) is 3. The van der Waals surface area contributed by atoms with Crippen LogP contribution in [0.3, 0.4) is 0 Å². The van der Waals surface area contributed by atoms with Crippen LogP contribution < -0.4 is 11.1 Å². The number of nitrogens with two attached hydrogens (primary N) is 1. The van der Waals surface area contributed by atoms with Crippen LogP contribution in [0.2, 0.25) is 0 Å². The fourth-order valence-electron chi connectivity index (χ4n) is 2.12. The van der Waals surface area contributed by atoms with E-state index >= 15 is 0 Å². The van der Waals surface area contributed by atoms with E-state index in [1.807, 2.05) is 0 Å². The van der Waals surface area contributed by atoms with Gasteiger partial charge < -0.3 is 11.1 Å². The molecule has 0 heterocycles. The van der Waals surface area contributed by atoms with Crippen molar-refractivity contribution in [3.63, 3.8) is 0 Å².